The van der Waals surface area contributed by atoms with Crippen LogP contribution < -0.4 is 10.1 Å². The Morgan fingerprint density at radius 1 is 1.43 bits per heavy atom. The van der Waals surface area contributed by atoms with Gasteiger partial charge in [0, 0.05) is 15.7 Å². The molecule has 0 aliphatic carbocycles. The van der Waals surface area contributed by atoms with Gasteiger partial charge in [-0.25, -0.2) is 9.79 Å². The zero-order valence-electron chi connectivity index (χ0n) is 13.3. The van der Waals surface area contributed by atoms with Gasteiger partial charge >= 0.3 is 12.0 Å². The Morgan fingerprint density at radius 3 is 2.83 bits per heavy atom. The van der Waals surface area contributed by atoms with Crippen molar-refractivity contribution in [1.29, 1.82) is 0 Å². The number of nitrogens with zero attached hydrogens (tertiary/aromatic N) is 1. The lowest BCUT2D eigenvalue weighted by molar-refractivity contribution is -0.147. The molecule has 0 aromatic heterocycles. The van der Waals surface area contributed by atoms with E-state index in [0.29, 0.717) is 23.6 Å². The molecule has 2 atom stereocenters. The smallest absolute Gasteiger partial charge is 0.341 e. The first-order valence-corrected chi connectivity index (χ1v) is 8.13. The molecule has 6 nitrogen and oxygen atoms in total. The second kappa shape index (κ2) is 7.59. The summed E-state index contributed by atoms with van der Waals surface area (Å²) in [6.45, 7) is 3.92. The number of halogens is 1. The van der Waals surface area contributed by atoms with E-state index < -0.39 is 24.0 Å². The highest BCUT2D eigenvalue weighted by Crippen LogP contribution is 2.35. The summed E-state index contributed by atoms with van der Waals surface area (Å²) in [5, 5.41) is 2.74. The van der Waals surface area contributed by atoms with Crippen molar-refractivity contribution in [2.75, 3.05) is 13.7 Å². The molecule has 1 N–H and O–H groups in total. The van der Waals surface area contributed by atoms with Crippen LogP contribution in [0.3, 0.4) is 0 Å². The molecule has 1 aliphatic heterocycles. The third-order valence-electron chi connectivity index (χ3n) is 3.57. The second-order valence-electron chi connectivity index (χ2n) is 5.21. The number of urea groups is 1. The molecule has 1 aromatic carbocycles. The zero-order chi connectivity index (χ0) is 17.0. The van der Waals surface area contributed by atoms with Crippen LogP contribution in [0, 0.1) is 5.92 Å². The molecule has 0 bridgehead atoms. The Bertz CT molecular complexity index is 645. The Hall–Kier alpha value is -1.89. The number of ether oxygens (including phenoxy) is 2. The predicted octanol–water partition coefficient (Wildman–Crippen LogP) is 3.25. The first kappa shape index (κ1) is 17.5. The van der Waals surface area contributed by atoms with Gasteiger partial charge in [0.25, 0.3) is 0 Å². The van der Waals surface area contributed by atoms with E-state index in [1.165, 1.54) is 0 Å². The van der Waals surface area contributed by atoms with Gasteiger partial charge in [-0.15, -0.1) is 0 Å². The lowest BCUT2D eigenvalue weighted by atomic mass is 9.88. The number of carbonyl (C=O) groups is 2. The molecule has 1 heterocycles. The number of esters is 1. The van der Waals surface area contributed by atoms with E-state index in [1.54, 1.807) is 20.1 Å². The fourth-order valence-corrected chi connectivity index (χ4v) is 2.90. The van der Waals surface area contributed by atoms with E-state index in [2.05, 4.69) is 26.2 Å². The molecule has 0 spiro atoms. The SMILES string of the molecule is CCCOC(=O)C1C(C)=NC(=O)NC1c1cc(Br)ccc1OC. The Morgan fingerprint density at radius 2 is 2.17 bits per heavy atom. The van der Waals surface area contributed by atoms with E-state index >= 15 is 0 Å². The van der Waals surface area contributed by atoms with Crippen molar-refractivity contribution in [2.45, 2.75) is 26.3 Å². The van der Waals surface area contributed by atoms with Gasteiger partial charge in [-0.2, -0.15) is 0 Å². The molecule has 124 valence electrons. The number of rotatable bonds is 5. The molecule has 2 amide bonds. The van der Waals surface area contributed by atoms with E-state index in [0.717, 1.165) is 10.9 Å². The normalized spacial score (nSPS) is 20.5. The topological polar surface area (TPSA) is 77.0 Å². The molecule has 1 aromatic rings. The number of benzene rings is 1. The highest BCUT2D eigenvalue weighted by molar-refractivity contribution is 9.10. The van der Waals surface area contributed by atoms with Gasteiger partial charge in [0.2, 0.25) is 0 Å². The summed E-state index contributed by atoms with van der Waals surface area (Å²) in [4.78, 5) is 28.1. The van der Waals surface area contributed by atoms with Gasteiger partial charge in [-0.1, -0.05) is 22.9 Å². The lowest BCUT2D eigenvalue weighted by Gasteiger charge is -2.30. The highest BCUT2D eigenvalue weighted by Gasteiger charge is 2.39. The average Bonchev–Trinajstić information content (AvgIpc) is 2.51. The van der Waals surface area contributed by atoms with Crippen molar-refractivity contribution in [3.05, 3.63) is 28.2 Å². The lowest BCUT2D eigenvalue weighted by Crippen LogP contribution is -2.44. The fraction of sp³-hybridized carbons (Fsp3) is 0.438. The van der Waals surface area contributed by atoms with Crippen molar-refractivity contribution in [3.8, 4) is 5.75 Å². The zero-order valence-corrected chi connectivity index (χ0v) is 14.8. The standard InChI is InChI=1S/C16H19BrN2O4/c1-4-7-23-15(20)13-9(2)18-16(21)19-14(13)11-8-10(17)5-6-12(11)22-3/h5-6,8,13-14H,4,7H2,1-3H3,(H,19,21). The summed E-state index contributed by atoms with van der Waals surface area (Å²) in [5.41, 5.74) is 1.13. The molecular weight excluding hydrogens is 364 g/mol. The predicted molar refractivity (Wildman–Crippen MR) is 89.8 cm³/mol. The van der Waals surface area contributed by atoms with Crippen molar-refractivity contribution in [2.24, 2.45) is 10.9 Å². The van der Waals surface area contributed by atoms with Crippen LogP contribution in [0.1, 0.15) is 31.9 Å². The largest absolute Gasteiger partial charge is 0.496 e. The van der Waals surface area contributed by atoms with E-state index in [4.69, 9.17) is 9.47 Å². The molecule has 0 radical (unpaired) electrons. The summed E-state index contributed by atoms with van der Waals surface area (Å²) >= 11 is 3.41. The van der Waals surface area contributed by atoms with E-state index in [-0.39, 0.29) is 0 Å². The van der Waals surface area contributed by atoms with Crippen LogP contribution >= 0.6 is 15.9 Å². The molecular formula is C16H19BrN2O4. The van der Waals surface area contributed by atoms with Gasteiger partial charge < -0.3 is 14.8 Å². The molecule has 0 saturated heterocycles. The number of hydrogen-bond donors (Lipinski definition) is 1. The maximum atomic E-state index is 12.4. The molecule has 2 unspecified atom stereocenters. The summed E-state index contributed by atoms with van der Waals surface area (Å²) < 4.78 is 11.5. The average molecular weight is 383 g/mol. The minimum Gasteiger partial charge on any atom is -0.496 e. The van der Waals surface area contributed by atoms with Gasteiger partial charge in [0.1, 0.15) is 11.7 Å². The van der Waals surface area contributed by atoms with Crippen molar-refractivity contribution < 1.29 is 19.1 Å². The number of carbonyl (C=O) groups excluding carboxylic acids is 2. The number of aliphatic imine (C=N–C) groups is 1. The van der Waals surface area contributed by atoms with Crippen molar-refractivity contribution in [3.63, 3.8) is 0 Å². The number of hydrogen-bond acceptors (Lipinski definition) is 4. The van der Waals surface area contributed by atoms with Crippen molar-refractivity contribution >= 4 is 33.6 Å². The second-order valence-corrected chi connectivity index (χ2v) is 6.13. The molecule has 0 fully saturated rings. The number of nitrogens with one attached hydrogen (secondary N) is 1. The first-order chi connectivity index (χ1) is 11.0. The van der Waals surface area contributed by atoms with Gasteiger partial charge in [-0.3, -0.25) is 4.79 Å². The molecule has 23 heavy (non-hydrogen) atoms. The van der Waals surface area contributed by atoms with E-state index in [9.17, 15) is 9.59 Å². The maximum absolute atomic E-state index is 12.4. The van der Waals surface area contributed by atoms with Gasteiger partial charge in [0.15, 0.2) is 0 Å². The minimum absolute atomic E-state index is 0.332. The molecule has 0 saturated carbocycles. The molecule has 2 rings (SSSR count). The van der Waals surface area contributed by atoms with Crippen LogP contribution in [0.4, 0.5) is 4.79 Å². The van der Waals surface area contributed by atoms with Gasteiger partial charge in [0.05, 0.1) is 19.8 Å². The van der Waals surface area contributed by atoms with Crippen LogP contribution in [0.25, 0.3) is 0 Å². The maximum Gasteiger partial charge on any atom is 0.341 e. The highest BCUT2D eigenvalue weighted by atomic mass is 79.9. The fourth-order valence-electron chi connectivity index (χ4n) is 2.52. The number of methoxy groups -OCH3 is 1. The Kier molecular flexibility index (Phi) is 5.76. The third-order valence-corrected chi connectivity index (χ3v) is 4.06. The third kappa shape index (κ3) is 3.90. The van der Waals surface area contributed by atoms with Gasteiger partial charge in [-0.05, 0) is 31.5 Å². The van der Waals surface area contributed by atoms with Crippen LogP contribution in [0.5, 0.6) is 5.75 Å². The molecule has 1 aliphatic rings. The number of amides is 2. The minimum atomic E-state index is -0.678. The van der Waals surface area contributed by atoms with Crippen LogP contribution in [0.15, 0.2) is 27.7 Å². The Balaban J connectivity index is 2.44. The Labute approximate surface area is 143 Å². The summed E-state index contributed by atoms with van der Waals surface area (Å²) in [6, 6.07) is 4.37. The van der Waals surface area contributed by atoms with E-state index in [1.807, 2.05) is 19.1 Å². The van der Waals surface area contributed by atoms with Crippen molar-refractivity contribution in [1.82, 2.24) is 5.32 Å². The summed E-state index contributed by atoms with van der Waals surface area (Å²) in [5.74, 6) is -0.496. The van der Waals surface area contributed by atoms with Crippen LogP contribution in [0.2, 0.25) is 0 Å². The van der Waals surface area contributed by atoms with Crippen LogP contribution in [-0.2, 0) is 9.53 Å². The molecule has 7 heteroatoms. The first-order valence-electron chi connectivity index (χ1n) is 7.33. The summed E-state index contributed by atoms with van der Waals surface area (Å²) in [7, 11) is 1.54. The monoisotopic (exact) mass is 382 g/mol. The van der Waals surface area contributed by atoms with Crippen LogP contribution in [-0.4, -0.2) is 31.4 Å². The quantitative estimate of drug-likeness (QED) is 0.792. The summed E-state index contributed by atoms with van der Waals surface area (Å²) in [6.07, 6.45) is 0.728.